The molecule has 0 spiro atoms. The second-order valence-corrected chi connectivity index (χ2v) is 5.61. The third-order valence-electron chi connectivity index (χ3n) is 1.55. The van der Waals surface area contributed by atoms with Gasteiger partial charge in [-0.25, -0.2) is 0 Å². The van der Waals surface area contributed by atoms with E-state index < -0.39 is 7.37 Å². The predicted molar refractivity (Wildman–Crippen MR) is 54.6 cm³/mol. The van der Waals surface area contributed by atoms with Crippen molar-refractivity contribution in [3.63, 3.8) is 0 Å². The Morgan fingerprint density at radius 2 is 1.92 bits per heavy atom. The molecule has 4 heteroatoms. The quantitative estimate of drug-likeness (QED) is 0.656. The minimum Gasteiger partial charge on any atom is -0.341 e. The molecule has 12 heavy (non-hydrogen) atoms. The molecule has 0 heterocycles. The topological polar surface area (TPSA) is 37.3 Å². The largest absolute Gasteiger partial charge is 0.341 e. The molecule has 0 fully saturated rings. The lowest BCUT2D eigenvalue weighted by Gasteiger charge is -2.08. The molecule has 1 atom stereocenters. The summed E-state index contributed by atoms with van der Waals surface area (Å²) in [7, 11) is -3.09. The van der Waals surface area contributed by atoms with E-state index >= 15 is 0 Å². The van der Waals surface area contributed by atoms with E-state index in [1.807, 2.05) is 6.07 Å². The molecule has 0 bridgehead atoms. The number of hydrogen-bond acceptors (Lipinski definition) is 1. The first-order valence-corrected chi connectivity index (χ1v) is 6.57. The van der Waals surface area contributed by atoms with Crippen LogP contribution in [0.2, 0.25) is 0 Å². The van der Waals surface area contributed by atoms with Crippen molar-refractivity contribution in [2.45, 2.75) is 0 Å². The Hall–Kier alpha value is -0.110. The smallest absolute Gasteiger partial charge is 0.230 e. The highest BCUT2D eigenvalue weighted by molar-refractivity contribution is 9.09. The molecule has 0 aliphatic heterocycles. The number of hydrogen-bond donors (Lipinski definition) is 1. The van der Waals surface area contributed by atoms with Gasteiger partial charge < -0.3 is 4.89 Å². The van der Waals surface area contributed by atoms with Crippen LogP contribution < -0.4 is 5.30 Å². The molecule has 1 aromatic rings. The summed E-state index contributed by atoms with van der Waals surface area (Å²) in [6.07, 6.45) is 0.289. The Balaban J connectivity index is 2.90. The molecule has 0 amide bonds. The lowest BCUT2D eigenvalue weighted by molar-refractivity contribution is 0.491. The zero-order chi connectivity index (χ0) is 9.03. The van der Waals surface area contributed by atoms with E-state index in [2.05, 4.69) is 15.9 Å². The molecule has 1 N–H and O–H groups in total. The van der Waals surface area contributed by atoms with Gasteiger partial charge in [-0.05, 0) is 12.1 Å². The maximum Gasteiger partial charge on any atom is 0.230 e. The monoisotopic (exact) mass is 248 g/mol. The number of halogens is 1. The Bertz CT molecular complexity index is 286. The van der Waals surface area contributed by atoms with Gasteiger partial charge in [0.15, 0.2) is 0 Å². The maximum atomic E-state index is 11.5. The molecule has 0 saturated heterocycles. The van der Waals surface area contributed by atoms with Crippen LogP contribution in [0.15, 0.2) is 30.3 Å². The zero-order valence-corrected chi connectivity index (χ0v) is 8.96. The van der Waals surface area contributed by atoms with Gasteiger partial charge in [-0.2, -0.15) is 0 Å². The fourth-order valence-electron chi connectivity index (χ4n) is 0.905. The molecule has 0 radical (unpaired) electrons. The van der Waals surface area contributed by atoms with Crippen molar-refractivity contribution in [1.82, 2.24) is 0 Å². The van der Waals surface area contributed by atoms with Gasteiger partial charge in [-0.1, -0.05) is 34.1 Å². The van der Waals surface area contributed by atoms with Gasteiger partial charge in [0.05, 0.1) is 0 Å². The molecule has 2 nitrogen and oxygen atoms in total. The third kappa shape index (κ3) is 2.44. The second-order valence-electron chi connectivity index (χ2n) is 2.45. The normalized spacial score (nSPS) is 15.5. The maximum absolute atomic E-state index is 11.5. The number of alkyl halides is 1. The van der Waals surface area contributed by atoms with Crippen LogP contribution in [0.3, 0.4) is 0 Å². The lowest BCUT2D eigenvalue weighted by Crippen LogP contribution is -2.06. The van der Waals surface area contributed by atoms with Gasteiger partial charge in [0.2, 0.25) is 7.37 Å². The molecule has 1 unspecified atom stereocenters. The Labute approximate surface area is 80.2 Å². The molecule has 0 aromatic heterocycles. The van der Waals surface area contributed by atoms with Crippen molar-refractivity contribution in [2.24, 2.45) is 0 Å². The molecule has 0 saturated carbocycles. The summed E-state index contributed by atoms with van der Waals surface area (Å²) in [6, 6.07) is 8.74. The Morgan fingerprint density at radius 1 is 1.33 bits per heavy atom. The van der Waals surface area contributed by atoms with Crippen LogP contribution in [-0.4, -0.2) is 16.4 Å². The summed E-state index contributed by atoms with van der Waals surface area (Å²) in [4.78, 5) is 9.51. The van der Waals surface area contributed by atoms with Gasteiger partial charge in [0.1, 0.15) is 0 Å². The first-order valence-electron chi connectivity index (χ1n) is 3.60. The van der Waals surface area contributed by atoms with Gasteiger partial charge >= 0.3 is 0 Å². The minimum absolute atomic E-state index is 0.289. The van der Waals surface area contributed by atoms with Crippen molar-refractivity contribution in [2.75, 3.05) is 11.5 Å². The Kier molecular flexibility index (Phi) is 3.51. The minimum atomic E-state index is -3.09. The molecule has 0 aliphatic carbocycles. The molecule has 1 rings (SSSR count). The summed E-state index contributed by atoms with van der Waals surface area (Å²) >= 11 is 3.15. The molecular weight excluding hydrogens is 239 g/mol. The third-order valence-corrected chi connectivity index (χ3v) is 4.49. The van der Waals surface area contributed by atoms with Gasteiger partial charge in [-0.3, -0.25) is 4.57 Å². The van der Waals surface area contributed by atoms with E-state index in [0.29, 0.717) is 10.6 Å². The highest BCUT2D eigenvalue weighted by Crippen LogP contribution is 2.38. The summed E-state index contributed by atoms with van der Waals surface area (Å²) in [5.41, 5.74) is 0. The number of rotatable bonds is 3. The van der Waals surface area contributed by atoms with Crippen molar-refractivity contribution in [3.8, 4) is 0 Å². The van der Waals surface area contributed by atoms with E-state index in [0.717, 1.165) is 0 Å². The van der Waals surface area contributed by atoms with Crippen molar-refractivity contribution < 1.29 is 9.46 Å². The van der Waals surface area contributed by atoms with Crippen LogP contribution in [0, 0.1) is 0 Å². The molecule has 1 aromatic carbocycles. The van der Waals surface area contributed by atoms with Crippen molar-refractivity contribution in [1.29, 1.82) is 0 Å². The van der Waals surface area contributed by atoms with Crippen molar-refractivity contribution in [3.05, 3.63) is 30.3 Å². The van der Waals surface area contributed by atoms with Crippen LogP contribution in [0.25, 0.3) is 0 Å². The summed E-state index contributed by atoms with van der Waals surface area (Å²) in [5, 5.41) is 1.08. The van der Waals surface area contributed by atoms with Gasteiger partial charge in [0.25, 0.3) is 0 Å². The van der Waals surface area contributed by atoms with E-state index in [1.54, 1.807) is 24.3 Å². The van der Waals surface area contributed by atoms with Gasteiger partial charge in [0, 0.05) is 16.8 Å². The lowest BCUT2D eigenvalue weighted by atomic mass is 10.4. The summed E-state index contributed by atoms with van der Waals surface area (Å²) in [6.45, 7) is 0. The fraction of sp³-hybridized carbons (Fsp3) is 0.250. The van der Waals surface area contributed by atoms with Crippen LogP contribution in [0.5, 0.6) is 0 Å². The summed E-state index contributed by atoms with van der Waals surface area (Å²) in [5.74, 6) is 0. The molecule has 0 aliphatic rings. The average Bonchev–Trinajstić information content (AvgIpc) is 2.06. The summed E-state index contributed by atoms with van der Waals surface area (Å²) < 4.78 is 11.5. The van der Waals surface area contributed by atoms with Crippen LogP contribution in [-0.2, 0) is 4.57 Å². The zero-order valence-electron chi connectivity index (χ0n) is 6.48. The fourth-order valence-corrected chi connectivity index (χ4v) is 3.47. The first kappa shape index (κ1) is 9.97. The van der Waals surface area contributed by atoms with Crippen LogP contribution >= 0.6 is 23.3 Å². The van der Waals surface area contributed by atoms with E-state index in [1.165, 1.54) is 0 Å². The highest BCUT2D eigenvalue weighted by atomic mass is 79.9. The number of benzene rings is 1. The van der Waals surface area contributed by atoms with E-state index in [9.17, 15) is 9.46 Å². The van der Waals surface area contributed by atoms with Crippen LogP contribution in [0.1, 0.15) is 0 Å². The second kappa shape index (κ2) is 4.22. The standard InChI is InChI=1S/C8H10BrO2P/c9-6-7-12(10,11)8-4-2-1-3-5-8/h1-5H,6-7H2,(H,10,11). The molecule has 66 valence electrons. The Morgan fingerprint density at radius 3 is 2.42 bits per heavy atom. The van der Waals surface area contributed by atoms with Crippen molar-refractivity contribution >= 4 is 28.6 Å². The van der Waals surface area contributed by atoms with E-state index in [4.69, 9.17) is 0 Å². The van der Waals surface area contributed by atoms with E-state index in [-0.39, 0.29) is 6.16 Å². The SMILES string of the molecule is O=P(O)(CCBr)c1ccccc1. The average molecular weight is 249 g/mol. The van der Waals surface area contributed by atoms with Gasteiger partial charge in [-0.15, -0.1) is 0 Å². The van der Waals surface area contributed by atoms with Crippen LogP contribution in [0.4, 0.5) is 0 Å². The first-order chi connectivity index (χ1) is 5.67. The molecular formula is C8H10BrO2P. The predicted octanol–water partition coefficient (Wildman–Crippen LogP) is 1.98. The highest BCUT2D eigenvalue weighted by Gasteiger charge is 2.18.